The van der Waals surface area contributed by atoms with E-state index in [1.807, 2.05) is 6.07 Å². The van der Waals surface area contributed by atoms with Crippen LogP contribution >= 0.6 is 12.2 Å². The molecule has 0 radical (unpaired) electrons. The molecule has 2 aromatic rings. The van der Waals surface area contributed by atoms with Gasteiger partial charge in [-0.1, -0.05) is 30.3 Å². The largest absolute Gasteiger partial charge is 0.493 e. The second kappa shape index (κ2) is 8.50. The van der Waals surface area contributed by atoms with Crippen molar-refractivity contribution in [3.05, 3.63) is 75.0 Å². The highest BCUT2D eigenvalue weighted by atomic mass is 32.1. The van der Waals surface area contributed by atoms with Gasteiger partial charge in [0.25, 0.3) is 5.69 Å². The SMILES string of the molecule is COc1cc(C2NC(=S)N(C)C(C)=C2C(=O)c2ccccc2)c([N+](=O)[O-])cc1OC. The number of hydrogen-bond acceptors (Lipinski definition) is 6. The number of allylic oxidation sites excluding steroid dienone is 1. The number of carbonyl (C=O) groups excluding carboxylic acids is 1. The highest BCUT2D eigenvalue weighted by Crippen LogP contribution is 2.42. The normalized spacial score (nSPS) is 16.2. The molecule has 0 spiro atoms. The van der Waals surface area contributed by atoms with E-state index >= 15 is 0 Å². The van der Waals surface area contributed by atoms with Gasteiger partial charge in [0.2, 0.25) is 0 Å². The fourth-order valence-corrected chi connectivity index (χ4v) is 3.64. The standard InChI is InChI=1S/C21H21N3O5S/c1-12-18(20(25)13-8-6-5-7-9-13)19(22-21(30)23(12)2)14-10-16(28-3)17(29-4)11-15(14)24(26)27/h5-11,19H,1-4H3,(H,22,30). The van der Waals surface area contributed by atoms with Crippen LogP contribution in [0.3, 0.4) is 0 Å². The van der Waals surface area contributed by atoms with Crippen LogP contribution in [0.4, 0.5) is 5.69 Å². The summed E-state index contributed by atoms with van der Waals surface area (Å²) < 4.78 is 10.5. The zero-order valence-corrected chi connectivity index (χ0v) is 17.8. The molecule has 8 nitrogen and oxygen atoms in total. The summed E-state index contributed by atoms with van der Waals surface area (Å²) in [6.07, 6.45) is 0. The lowest BCUT2D eigenvalue weighted by molar-refractivity contribution is -0.385. The van der Waals surface area contributed by atoms with Crippen LogP contribution in [0, 0.1) is 10.1 Å². The van der Waals surface area contributed by atoms with Crippen LogP contribution in [0.2, 0.25) is 0 Å². The third kappa shape index (κ3) is 3.71. The van der Waals surface area contributed by atoms with Crippen LogP contribution in [0.25, 0.3) is 0 Å². The van der Waals surface area contributed by atoms with E-state index in [1.54, 1.807) is 43.1 Å². The number of nitrogens with zero attached hydrogens (tertiary/aromatic N) is 2. The maximum Gasteiger partial charge on any atom is 0.279 e. The van der Waals surface area contributed by atoms with E-state index in [1.165, 1.54) is 26.4 Å². The Morgan fingerprint density at radius 1 is 1.17 bits per heavy atom. The Hall–Kier alpha value is -3.46. The lowest BCUT2D eigenvalue weighted by Gasteiger charge is -2.35. The number of hydrogen-bond donors (Lipinski definition) is 1. The zero-order chi connectivity index (χ0) is 22.0. The number of rotatable bonds is 6. The number of methoxy groups -OCH3 is 2. The first-order valence-electron chi connectivity index (χ1n) is 9.05. The summed E-state index contributed by atoms with van der Waals surface area (Å²) in [5.41, 5.74) is 1.51. The molecule has 0 amide bonds. The molecule has 1 heterocycles. The molecule has 1 aliphatic heterocycles. The van der Waals surface area contributed by atoms with Gasteiger partial charge in [0.1, 0.15) is 0 Å². The fraction of sp³-hybridized carbons (Fsp3) is 0.238. The van der Waals surface area contributed by atoms with Crippen LogP contribution in [0.1, 0.15) is 28.9 Å². The van der Waals surface area contributed by atoms with Crippen LogP contribution in [0.5, 0.6) is 11.5 Å². The molecular formula is C21H21N3O5S. The van der Waals surface area contributed by atoms with Gasteiger partial charge in [0.05, 0.1) is 36.8 Å². The summed E-state index contributed by atoms with van der Waals surface area (Å²) >= 11 is 5.40. The number of nitro benzene ring substituents is 1. The lowest BCUT2D eigenvalue weighted by Crippen LogP contribution is -2.46. The smallest absolute Gasteiger partial charge is 0.279 e. The Morgan fingerprint density at radius 3 is 2.33 bits per heavy atom. The third-order valence-corrected chi connectivity index (χ3v) is 5.47. The number of nitrogens with one attached hydrogen (secondary N) is 1. The van der Waals surface area contributed by atoms with Crippen molar-refractivity contribution in [1.29, 1.82) is 0 Å². The number of carbonyl (C=O) groups is 1. The van der Waals surface area contributed by atoms with Gasteiger partial charge in [-0.15, -0.1) is 0 Å². The van der Waals surface area contributed by atoms with Crippen molar-refractivity contribution in [3.8, 4) is 11.5 Å². The molecule has 30 heavy (non-hydrogen) atoms. The monoisotopic (exact) mass is 427 g/mol. The van der Waals surface area contributed by atoms with Crippen molar-refractivity contribution in [3.63, 3.8) is 0 Å². The van der Waals surface area contributed by atoms with Gasteiger partial charge in [0.15, 0.2) is 22.4 Å². The van der Waals surface area contributed by atoms with Crippen LogP contribution in [-0.4, -0.2) is 42.0 Å². The van der Waals surface area contributed by atoms with Gasteiger partial charge in [-0.25, -0.2) is 0 Å². The van der Waals surface area contributed by atoms with Crippen LogP contribution < -0.4 is 14.8 Å². The van der Waals surface area contributed by atoms with Crippen LogP contribution in [-0.2, 0) is 0 Å². The van der Waals surface area contributed by atoms with E-state index in [2.05, 4.69) is 5.32 Å². The predicted molar refractivity (Wildman–Crippen MR) is 116 cm³/mol. The Bertz CT molecular complexity index is 1050. The molecule has 2 aromatic carbocycles. The number of ether oxygens (including phenoxy) is 2. The Kier molecular flexibility index (Phi) is 6.02. The molecule has 0 aliphatic carbocycles. The fourth-order valence-electron chi connectivity index (χ4n) is 3.38. The number of ketones is 1. The van der Waals surface area contributed by atoms with E-state index < -0.39 is 11.0 Å². The maximum absolute atomic E-state index is 13.4. The van der Waals surface area contributed by atoms with Crippen molar-refractivity contribution in [2.24, 2.45) is 0 Å². The van der Waals surface area contributed by atoms with Gasteiger partial charge in [-0.2, -0.15) is 0 Å². The third-order valence-electron chi connectivity index (χ3n) is 5.08. The Morgan fingerprint density at radius 2 is 1.77 bits per heavy atom. The molecule has 0 bridgehead atoms. The first-order valence-corrected chi connectivity index (χ1v) is 9.46. The molecule has 0 saturated carbocycles. The maximum atomic E-state index is 13.4. The zero-order valence-electron chi connectivity index (χ0n) is 17.0. The average Bonchev–Trinajstić information content (AvgIpc) is 2.76. The van der Waals surface area contributed by atoms with E-state index in [4.69, 9.17) is 21.7 Å². The highest BCUT2D eigenvalue weighted by molar-refractivity contribution is 7.80. The minimum absolute atomic E-state index is 0.205. The van der Waals surface area contributed by atoms with Gasteiger partial charge in [-0.05, 0) is 25.2 Å². The molecule has 9 heteroatoms. The van der Waals surface area contributed by atoms with Crippen molar-refractivity contribution in [2.75, 3.05) is 21.3 Å². The molecule has 1 unspecified atom stereocenters. The van der Waals surface area contributed by atoms with Crippen LogP contribution in [0.15, 0.2) is 53.7 Å². The molecule has 3 rings (SSSR count). The quantitative estimate of drug-likeness (QED) is 0.323. The summed E-state index contributed by atoms with van der Waals surface area (Å²) in [4.78, 5) is 26.4. The Balaban J connectivity index is 2.26. The first-order chi connectivity index (χ1) is 14.3. The van der Waals surface area contributed by atoms with Gasteiger partial charge in [-0.3, -0.25) is 14.9 Å². The second-order valence-corrected chi connectivity index (χ2v) is 7.05. The molecular weight excluding hydrogens is 406 g/mol. The Labute approximate surface area is 179 Å². The van der Waals surface area contributed by atoms with Crippen molar-refractivity contribution < 1.29 is 19.2 Å². The van der Waals surface area contributed by atoms with E-state index in [0.717, 1.165) is 0 Å². The average molecular weight is 427 g/mol. The van der Waals surface area contributed by atoms with Gasteiger partial charge >= 0.3 is 0 Å². The molecule has 0 fully saturated rings. The molecule has 1 atom stereocenters. The second-order valence-electron chi connectivity index (χ2n) is 6.66. The number of thiocarbonyl (C=S) groups is 1. The van der Waals surface area contributed by atoms with Crippen molar-refractivity contribution in [2.45, 2.75) is 13.0 Å². The summed E-state index contributed by atoms with van der Waals surface area (Å²) in [6, 6.07) is 10.7. The highest BCUT2D eigenvalue weighted by Gasteiger charge is 2.37. The van der Waals surface area contributed by atoms with Gasteiger partial charge in [0, 0.05) is 23.9 Å². The van der Waals surface area contributed by atoms with E-state index in [0.29, 0.717) is 27.7 Å². The molecule has 1 N–H and O–H groups in total. The number of benzene rings is 2. The molecule has 0 saturated heterocycles. The summed E-state index contributed by atoms with van der Waals surface area (Å²) in [7, 11) is 4.58. The topological polar surface area (TPSA) is 93.9 Å². The predicted octanol–water partition coefficient (Wildman–Crippen LogP) is 3.63. The summed E-state index contributed by atoms with van der Waals surface area (Å²) in [5.74, 6) is 0.290. The number of nitro groups is 1. The number of Topliss-reactive ketones (excluding diaryl/α,β-unsaturated/α-hetero) is 1. The molecule has 1 aliphatic rings. The first kappa shape index (κ1) is 21.3. The van der Waals surface area contributed by atoms with E-state index in [-0.39, 0.29) is 22.8 Å². The molecule has 156 valence electrons. The lowest BCUT2D eigenvalue weighted by atomic mass is 9.88. The minimum Gasteiger partial charge on any atom is -0.493 e. The van der Waals surface area contributed by atoms with Crippen molar-refractivity contribution in [1.82, 2.24) is 10.2 Å². The van der Waals surface area contributed by atoms with Crippen molar-refractivity contribution >= 4 is 28.8 Å². The van der Waals surface area contributed by atoms with E-state index in [9.17, 15) is 14.9 Å². The summed E-state index contributed by atoms with van der Waals surface area (Å²) in [6.45, 7) is 1.77. The van der Waals surface area contributed by atoms with Gasteiger partial charge < -0.3 is 19.7 Å². The minimum atomic E-state index is -0.832. The summed E-state index contributed by atoms with van der Waals surface area (Å²) in [5, 5.41) is 15.3. The molecule has 0 aromatic heterocycles.